The van der Waals surface area contributed by atoms with E-state index in [2.05, 4.69) is 38.8 Å². The van der Waals surface area contributed by atoms with Crippen LogP contribution in [0.2, 0.25) is 0 Å². The Morgan fingerprint density at radius 3 is 2.74 bits per heavy atom. The Hall–Kier alpha value is -1.64. The molecule has 23 heavy (non-hydrogen) atoms. The van der Waals surface area contributed by atoms with Gasteiger partial charge < -0.3 is 10.6 Å². The minimum atomic E-state index is 0. The highest BCUT2D eigenvalue weighted by Crippen LogP contribution is 1.95. The van der Waals surface area contributed by atoms with E-state index in [-0.39, 0.29) is 24.0 Å². The maximum Gasteiger partial charge on any atom is 0.190 e. The summed E-state index contributed by atoms with van der Waals surface area (Å²) in [7, 11) is 1.78. The lowest BCUT2D eigenvalue weighted by atomic mass is 10.3. The summed E-state index contributed by atoms with van der Waals surface area (Å²) in [6, 6.07) is 5.97. The van der Waals surface area contributed by atoms with E-state index >= 15 is 0 Å². The van der Waals surface area contributed by atoms with E-state index < -0.39 is 0 Å². The zero-order valence-electron chi connectivity index (χ0n) is 13.7. The molecule has 0 aliphatic heterocycles. The lowest BCUT2D eigenvalue weighted by Crippen LogP contribution is -2.39. The first-order valence-corrected chi connectivity index (χ1v) is 7.61. The Kier molecular flexibility index (Phi) is 9.27. The Morgan fingerprint density at radius 1 is 1.26 bits per heavy atom. The molecule has 0 atom stereocenters. The van der Waals surface area contributed by atoms with E-state index in [1.807, 2.05) is 35.3 Å². The normalized spacial score (nSPS) is 11.0. The molecule has 2 N–H and O–H groups in total. The van der Waals surface area contributed by atoms with Crippen molar-refractivity contribution in [2.24, 2.45) is 4.99 Å². The summed E-state index contributed by atoms with van der Waals surface area (Å²) in [5.74, 6) is 0.826. The second-order valence-electron chi connectivity index (χ2n) is 5.13. The largest absolute Gasteiger partial charge is 0.356 e. The molecular formula is C16H25IN6. The molecule has 0 unspecified atom stereocenters. The van der Waals surface area contributed by atoms with Crippen LogP contribution in [-0.4, -0.2) is 40.9 Å². The summed E-state index contributed by atoms with van der Waals surface area (Å²) < 4.78 is 1.97. The van der Waals surface area contributed by atoms with Crippen LogP contribution in [0.25, 0.3) is 0 Å². The third-order valence-corrected chi connectivity index (χ3v) is 3.24. The molecule has 0 aliphatic carbocycles. The van der Waals surface area contributed by atoms with Crippen molar-refractivity contribution in [1.82, 2.24) is 25.4 Å². The van der Waals surface area contributed by atoms with Crippen LogP contribution in [0.3, 0.4) is 0 Å². The standard InChI is InChI=1S/C16H24N6.HI/c1-14-12-21-22(13-14)11-5-9-19-16(17-2)20-10-7-15-6-3-4-8-18-15;/h3-4,6,8,12-13H,5,7,9-11H2,1-2H3,(H2,17,19,20);1H. The Labute approximate surface area is 154 Å². The molecule has 0 aromatic carbocycles. The van der Waals surface area contributed by atoms with Gasteiger partial charge in [-0.05, 0) is 31.0 Å². The predicted molar refractivity (Wildman–Crippen MR) is 104 cm³/mol. The molecule has 6 nitrogen and oxygen atoms in total. The van der Waals surface area contributed by atoms with Crippen molar-refractivity contribution in [3.8, 4) is 0 Å². The highest BCUT2D eigenvalue weighted by atomic mass is 127. The fraction of sp³-hybridized carbons (Fsp3) is 0.438. The van der Waals surface area contributed by atoms with Crippen molar-refractivity contribution < 1.29 is 0 Å². The number of nitrogens with zero attached hydrogens (tertiary/aromatic N) is 4. The zero-order chi connectivity index (χ0) is 15.6. The maximum absolute atomic E-state index is 4.30. The predicted octanol–water partition coefficient (Wildman–Crippen LogP) is 2.00. The van der Waals surface area contributed by atoms with Crippen molar-refractivity contribution in [1.29, 1.82) is 0 Å². The molecule has 2 aromatic heterocycles. The van der Waals surface area contributed by atoms with E-state index in [1.165, 1.54) is 5.56 Å². The topological polar surface area (TPSA) is 67.1 Å². The fourth-order valence-electron chi connectivity index (χ4n) is 2.11. The number of guanidine groups is 1. The van der Waals surface area contributed by atoms with E-state index in [0.29, 0.717) is 0 Å². The first-order valence-electron chi connectivity index (χ1n) is 7.61. The summed E-state index contributed by atoms with van der Waals surface area (Å²) in [6.45, 7) is 4.64. The molecule has 0 aliphatic rings. The Morgan fingerprint density at radius 2 is 2.09 bits per heavy atom. The van der Waals surface area contributed by atoms with Gasteiger partial charge in [-0.3, -0.25) is 14.7 Å². The number of rotatable bonds is 7. The smallest absolute Gasteiger partial charge is 0.190 e. The zero-order valence-corrected chi connectivity index (χ0v) is 16.0. The average molecular weight is 428 g/mol. The van der Waals surface area contributed by atoms with Crippen molar-refractivity contribution in [2.75, 3.05) is 20.1 Å². The maximum atomic E-state index is 4.30. The van der Waals surface area contributed by atoms with Gasteiger partial charge in [0.1, 0.15) is 0 Å². The quantitative estimate of drug-likeness (QED) is 0.307. The molecule has 0 bridgehead atoms. The van der Waals surface area contributed by atoms with Crippen LogP contribution in [0.5, 0.6) is 0 Å². The van der Waals surface area contributed by atoms with Gasteiger partial charge >= 0.3 is 0 Å². The molecule has 0 fully saturated rings. The minimum Gasteiger partial charge on any atom is -0.356 e. The summed E-state index contributed by atoms with van der Waals surface area (Å²) >= 11 is 0. The number of aryl methyl sites for hydroxylation is 2. The van der Waals surface area contributed by atoms with Crippen molar-refractivity contribution >= 4 is 29.9 Å². The summed E-state index contributed by atoms with van der Waals surface area (Å²) in [6.07, 6.45) is 7.64. The molecule has 2 rings (SSSR count). The van der Waals surface area contributed by atoms with Gasteiger partial charge in [-0.15, -0.1) is 24.0 Å². The van der Waals surface area contributed by atoms with Crippen LogP contribution in [0.15, 0.2) is 41.8 Å². The van der Waals surface area contributed by atoms with Gasteiger partial charge in [0.2, 0.25) is 0 Å². The number of aliphatic imine (C=N–C) groups is 1. The van der Waals surface area contributed by atoms with Gasteiger partial charge in [0, 0.05) is 51.2 Å². The lowest BCUT2D eigenvalue weighted by molar-refractivity contribution is 0.570. The molecular weight excluding hydrogens is 403 g/mol. The number of pyridine rings is 1. The van der Waals surface area contributed by atoms with Crippen molar-refractivity contribution in [3.05, 3.63) is 48.0 Å². The van der Waals surface area contributed by atoms with Crippen LogP contribution in [0.4, 0.5) is 0 Å². The first kappa shape index (κ1) is 19.4. The van der Waals surface area contributed by atoms with Gasteiger partial charge in [0.15, 0.2) is 5.96 Å². The third kappa shape index (κ3) is 7.45. The van der Waals surface area contributed by atoms with Crippen LogP contribution < -0.4 is 10.6 Å². The van der Waals surface area contributed by atoms with Gasteiger partial charge in [0.25, 0.3) is 0 Å². The van der Waals surface area contributed by atoms with E-state index in [9.17, 15) is 0 Å². The fourth-order valence-corrected chi connectivity index (χ4v) is 2.11. The highest BCUT2D eigenvalue weighted by molar-refractivity contribution is 14.0. The van der Waals surface area contributed by atoms with Crippen molar-refractivity contribution in [3.63, 3.8) is 0 Å². The second-order valence-corrected chi connectivity index (χ2v) is 5.13. The van der Waals surface area contributed by atoms with Gasteiger partial charge in [0.05, 0.1) is 6.20 Å². The minimum absolute atomic E-state index is 0. The monoisotopic (exact) mass is 428 g/mol. The van der Waals surface area contributed by atoms with Crippen LogP contribution in [-0.2, 0) is 13.0 Å². The van der Waals surface area contributed by atoms with Gasteiger partial charge in [-0.25, -0.2) is 0 Å². The second kappa shape index (κ2) is 11.0. The molecule has 0 saturated heterocycles. The highest BCUT2D eigenvalue weighted by Gasteiger charge is 1.99. The molecule has 0 radical (unpaired) electrons. The summed E-state index contributed by atoms with van der Waals surface area (Å²) in [5.41, 5.74) is 2.28. The summed E-state index contributed by atoms with van der Waals surface area (Å²) in [5, 5.41) is 10.9. The molecule has 0 spiro atoms. The molecule has 0 saturated carbocycles. The van der Waals surface area contributed by atoms with Crippen LogP contribution >= 0.6 is 24.0 Å². The number of aromatic nitrogens is 3. The number of hydrogen-bond acceptors (Lipinski definition) is 3. The van der Waals surface area contributed by atoms with E-state index in [0.717, 1.165) is 44.1 Å². The SMILES string of the molecule is CN=C(NCCCn1cc(C)cn1)NCCc1ccccn1.I. The Balaban J connectivity index is 0.00000264. The van der Waals surface area contributed by atoms with E-state index in [1.54, 1.807) is 7.05 Å². The number of nitrogens with one attached hydrogen (secondary N) is 2. The van der Waals surface area contributed by atoms with E-state index in [4.69, 9.17) is 0 Å². The first-order chi connectivity index (χ1) is 10.8. The van der Waals surface area contributed by atoms with Crippen LogP contribution in [0.1, 0.15) is 17.7 Å². The average Bonchev–Trinajstić information content (AvgIpc) is 2.96. The number of hydrogen-bond donors (Lipinski definition) is 2. The third-order valence-electron chi connectivity index (χ3n) is 3.24. The lowest BCUT2D eigenvalue weighted by Gasteiger charge is -2.11. The Bertz CT molecular complexity index is 581. The van der Waals surface area contributed by atoms with Crippen LogP contribution in [0, 0.1) is 6.92 Å². The molecule has 2 heterocycles. The molecule has 0 amide bonds. The van der Waals surface area contributed by atoms with Crippen molar-refractivity contribution in [2.45, 2.75) is 26.3 Å². The summed E-state index contributed by atoms with van der Waals surface area (Å²) in [4.78, 5) is 8.52. The molecule has 126 valence electrons. The molecule has 7 heteroatoms. The number of halogens is 1. The van der Waals surface area contributed by atoms with Gasteiger partial charge in [-0.1, -0.05) is 6.07 Å². The molecule has 2 aromatic rings. The van der Waals surface area contributed by atoms with Gasteiger partial charge in [-0.2, -0.15) is 5.10 Å².